The van der Waals surface area contributed by atoms with Gasteiger partial charge in [-0.2, -0.15) is 9.49 Å². The first kappa shape index (κ1) is 21.0. The molecule has 0 bridgehead atoms. The molecular weight excluding hydrogens is 434 g/mol. The smallest absolute Gasteiger partial charge is 0.336 e. The molecule has 1 atom stereocenters. The van der Waals surface area contributed by atoms with Crippen LogP contribution in [-0.4, -0.2) is 34.2 Å². The standard InChI is InChI=1S/C21H15F4N3O2S/c1-11-3-2-4-12(7-11)17-18(23)31-20(27-17)28(16-9-21(16,24)25)26-10-13-5-6-14(22)8-15(13)19(29)30/h2-8,10,16H,9H2,1H3,(H,29,30)/b26-10+. The lowest BCUT2D eigenvalue weighted by atomic mass is 10.1. The first-order valence-electron chi connectivity index (χ1n) is 9.13. The predicted octanol–water partition coefficient (Wildman–Crippen LogP) is 5.34. The zero-order valence-electron chi connectivity index (χ0n) is 16.0. The normalized spacial score (nSPS) is 17.1. The van der Waals surface area contributed by atoms with Crippen LogP contribution in [0.15, 0.2) is 47.6 Å². The topological polar surface area (TPSA) is 65.8 Å². The number of anilines is 1. The number of aromatic carboxylic acids is 1. The summed E-state index contributed by atoms with van der Waals surface area (Å²) in [5.74, 6) is -5.20. The summed E-state index contributed by atoms with van der Waals surface area (Å²) in [4.78, 5) is 15.5. The third-order valence-corrected chi connectivity index (χ3v) is 5.55. The molecule has 1 aliphatic carbocycles. The number of aromatic nitrogens is 1. The minimum atomic E-state index is -3.04. The second-order valence-electron chi connectivity index (χ2n) is 7.10. The van der Waals surface area contributed by atoms with Gasteiger partial charge in [-0.1, -0.05) is 35.1 Å². The van der Waals surface area contributed by atoms with Crippen LogP contribution in [0, 0.1) is 17.9 Å². The van der Waals surface area contributed by atoms with E-state index in [9.17, 15) is 27.5 Å². The van der Waals surface area contributed by atoms with Gasteiger partial charge in [-0.25, -0.2) is 28.0 Å². The van der Waals surface area contributed by atoms with Crippen molar-refractivity contribution in [3.05, 3.63) is 70.1 Å². The highest BCUT2D eigenvalue weighted by atomic mass is 32.1. The number of alkyl halides is 2. The van der Waals surface area contributed by atoms with E-state index >= 15 is 0 Å². The van der Waals surface area contributed by atoms with Gasteiger partial charge in [0.05, 0.1) is 11.8 Å². The number of aryl methyl sites for hydroxylation is 1. The van der Waals surface area contributed by atoms with Gasteiger partial charge in [0.1, 0.15) is 17.6 Å². The zero-order chi connectivity index (χ0) is 22.3. The quantitative estimate of drug-likeness (QED) is 0.313. The molecule has 2 aromatic carbocycles. The van der Waals surface area contributed by atoms with E-state index in [1.54, 1.807) is 18.2 Å². The van der Waals surface area contributed by atoms with Gasteiger partial charge in [0, 0.05) is 17.5 Å². The molecule has 0 saturated heterocycles. The fraction of sp³-hybridized carbons (Fsp3) is 0.190. The molecule has 0 spiro atoms. The Labute approximate surface area is 178 Å². The average Bonchev–Trinajstić information content (AvgIpc) is 3.15. The minimum Gasteiger partial charge on any atom is -0.478 e. The summed E-state index contributed by atoms with van der Waals surface area (Å²) < 4.78 is 55.6. The summed E-state index contributed by atoms with van der Waals surface area (Å²) in [5.41, 5.74) is 1.03. The van der Waals surface area contributed by atoms with E-state index in [4.69, 9.17) is 0 Å². The monoisotopic (exact) mass is 449 g/mol. The van der Waals surface area contributed by atoms with Gasteiger partial charge in [0.15, 0.2) is 0 Å². The summed E-state index contributed by atoms with van der Waals surface area (Å²) in [7, 11) is 0. The molecule has 5 nitrogen and oxygen atoms in total. The molecule has 160 valence electrons. The van der Waals surface area contributed by atoms with Crippen molar-refractivity contribution in [2.75, 3.05) is 5.01 Å². The van der Waals surface area contributed by atoms with Crippen LogP contribution in [0.4, 0.5) is 22.7 Å². The Morgan fingerprint density at radius 1 is 1.29 bits per heavy atom. The lowest BCUT2D eigenvalue weighted by molar-refractivity contribution is 0.0696. The maximum absolute atomic E-state index is 14.6. The van der Waals surface area contributed by atoms with E-state index in [0.717, 1.165) is 28.9 Å². The molecular formula is C21H15F4N3O2S. The van der Waals surface area contributed by atoms with Gasteiger partial charge in [0.25, 0.3) is 5.92 Å². The maximum atomic E-state index is 14.6. The molecule has 0 aliphatic heterocycles. The van der Waals surface area contributed by atoms with E-state index in [1.807, 2.05) is 13.0 Å². The Bertz CT molecular complexity index is 1200. The largest absolute Gasteiger partial charge is 0.478 e. The maximum Gasteiger partial charge on any atom is 0.336 e. The van der Waals surface area contributed by atoms with E-state index < -0.39 is 35.3 Å². The number of benzene rings is 2. The molecule has 10 heteroatoms. The van der Waals surface area contributed by atoms with Crippen LogP contribution >= 0.6 is 11.3 Å². The van der Waals surface area contributed by atoms with Gasteiger partial charge in [-0.3, -0.25) is 0 Å². The van der Waals surface area contributed by atoms with Gasteiger partial charge < -0.3 is 5.11 Å². The molecule has 1 unspecified atom stereocenters. The molecule has 31 heavy (non-hydrogen) atoms. The first-order valence-corrected chi connectivity index (χ1v) is 9.94. The lowest BCUT2D eigenvalue weighted by Crippen LogP contribution is -2.24. The number of carboxylic acids is 1. The Morgan fingerprint density at radius 3 is 2.68 bits per heavy atom. The highest BCUT2D eigenvalue weighted by molar-refractivity contribution is 7.14. The number of nitrogens with zero attached hydrogens (tertiary/aromatic N) is 3. The molecule has 0 amide bonds. The molecule has 1 N–H and O–H groups in total. The van der Waals surface area contributed by atoms with Crippen molar-refractivity contribution in [2.45, 2.75) is 25.3 Å². The van der Waals surface area contributed by atoms with Gasteiger partial charge in [-0.05, 0) is 31.2 Å². The Morgan fingerprint density at radius 2 is 2.03 bits per heavy atom. The average molecular weight is 449 g/mol. The molecule has 0 radical (unpaired) electrons. The zero-order valence-corrected chi connectivity index (χ0v) is 16.8. The van der Waals surface area contributed by atoms with Crippen molar-refractivity contribution < 1.29 is 27.5 Å². The van der Waals surface area contributed by atoms with Crippen LogP contribution in [0.2, 0.25) is 0 Å². The Balaban J connectivity index is 1.72. The van der Waals surface area contributed by atoms with Crippen molar-refractivity contribution in [3.63, 3.8) is 0 Å². The number of halogens is 4. The number of carboxylic acid groups (broad SMARTS) is 1. The summed E-state index contributed by atoms with van der Waals surface area (Å²) >= 11 is 0.565. The minimum absolute atomic E-state index is 0.0128. The van der Waals surface area contributed by atoms with Crippen LogP contribution in [0.1, 0.15) is 27.9 Å². The van der Waals surface area contributed by atoms with E-state index in [0.29, 0.717) is 16.9 Å². The van der Waals surface area contributed by atoms with Crippen molar-refractivity contribution >= 4 is 28.7 Å². The van der Waals surface area contributed by atoms with Crippen molar-refractivity contribution in [1.29, 1.82) is 0 Å². The fourth-order valence-corrected chi connectivity index (χ4v) is 3.86. The first-order chi connectivity index (χ1) is 14.7. The van der Waals surface area contributed by atoms with Crippen LogP contribution in [0.3, 0.4) is 0 Å². The fourth-order valence-electron chi connectivity index (χ4n) is 3.04. The Kier molecular flexibility index (Phi) is 5.26. The van der Waals surface area contributed by atoms with E-state index in [1.165, 1.54) is 6.07 Å². The number of hydrazone groups is 1. The number of carbonyl (C=O) groups is 1. The summed E-state index contributed by atoms with van der Waals surface area (Å²) in [6.07, 6.45) is 0.531. The highest BCUT2D eigenvalue weighted by Gasteiger charge is 2.61. The molecule has 1 aromatic heterocycles. The van der Waals surface area contributed by atoms with Crippen LogP contribution in [0.25, 0.3) is 11.3 Å². The third kappa shape index (κ3) is 4.29. The van der Waals surface area contributed by atoms with Crippen LogP contribution in [0.5, 0.6) is 0 Å². The number of hydrogen-bond donors (Lipinski definition) is 1. The van der Waals surface area contributed by atoms with E-state index in [2.05, 4.69) is 10.1 Å². The second-order valence-corrected chi connectivity index (χ2v) is 8.02. The van der Waals surface area contributed by atoms with Gasteiger partial charge >= 0.3 is 5.97 Å². The lowest BCUT2D eigenvalue weighted by Gasteiger charge is -2.15. The van der Waals surface area contributed by atoms with Gasteiger partial charge in [0.2, 0.25) is 10.3 Å². The number of thiazole rings is 1. The second kappa shape index (κ2) is 7.77. The van der Waals surface area contributed by atoms with Crippen molar-refractivity contribution in [2.24, 2.45) is 5.10 Å². The molecule has 3 aromatic rings. The number of rotatable bonds is 6. The Hall–Kier alpha value is -3.27. The van der Waals surface area contributed by atoms with Crippen molar-refractivity contribution in [3.8, 4) is 11.3 Å². The SMILES string of the molecule is Cc1cccc(-c2nc(N(/N=C/c3ccc(F)cc3C(=O)O)C3CC3(F)F)sc2F)c1. The van der Waals surface area contributed by atoms with Crippen LogP contribution < -0.4 is 5.01 Å². The third-order valence-electron chi connectivity index (χ3n) is 4.72. The highest BCUT2D eigenvalue weighted by Crippen LogP contribution is 2.48. The summed E-state index contributed by atoms with van der Waals surface area (Å²) in [6, 6.07) is 8.61. The number of hydrogen-bond acceptors (Lipinski definition) is 5. The molecule has 4 rings (SSSR count). The van der Waals surface area contributed by atoms with Crippen molar-refractivity contribution in [1.82, 2.24) is 4.98 Å². The predicted molar refractivity (Wildman–Crippen MR) is 109 cm³/mol. The molecule has 1 fully saturated rings. The summed E-state index contributed by atoms with van der Waals surface area (Å²) in [6.45, 7) is 1.83. The van der Waals surface area contributed by atoms with Gasteiger partial charge in [-0.15, -0.1) is 0 Å². The molecule has 1 saturated carbocycles. The summed E-state index contributed by atoms with van der Waals surface area (Å²) in [5, 5.41) is 13.4. The van der Waals surface area contributed by atoms with E-state index in [-0.39, 0.29) is 22.0 Å². The molecule has 1 heterocycles. The van der Waals surface area contributed by atoms with Crippen LogP contribution in [-0.2, 0) is 0 Å². The molecule has 1 aliphatic rings.